The van der Waals surface area contributed by atoms with Crippen molar-refractivity contribution in [3.05, 3.63) is 70.3 Å². The normalized spacial score (nSPS) is 16.3. The van der Waals surface area contributed by atoms with Crippen LogP contribution in [0, 0.1) is 5.41 Å². The molecule has 8 N–H and O–H groups in total. The molecule has 0 unspecified atom stereocenters. The van der Waals surface area contributed by atoms with E-state index in [1.807, 2.05) is 0 Å². The van der Waals surface area contributed by atoms with Crippen molar-refractivity contribution in [2.24, 2.45) is 11.5 Å². The largest absolute Gasteiger partial charge is 0.478 e. The summed E-state index contributed by atoms with van der Waals surface area (Å²) in [6.07, 6.45) is 0. The first-order valence-electron chi connectivity index (χ1n) is 12.4. The third kappa shape index (κ3) is 6.09. The number of nitrogens with two attached hydrogens (primary N) is 3. The van der Waals surface area contributed by atoms with Crippen molar-refractivity contribution in [3.8, 4) is 0 Å². The van der Waals surface area contributed by atoms with Gasteiger partial charge in [0.2, 0.25) is 0 Å². The number of aromatic carboxylic acids is 1. The molecule has 2 saturated heterocycles. The minimum atomic E-state index is -1.10. The highest BCUT2D eigenvalue weighted by atomic mass is 16.4. The number of amidine groups is 1. The maximum Gasteiger partial charge on any atom is 0.335 e. The van der Waals surface area contributed by atoms with Gasteiger partial charge in [0.05, 0.1) is 11.1 Å². The number of hydrogen-bond donors (Lipinski definition) is 5. The van der Waals surface area contributed by atoms with Gasteiger partial charge in [-0.3, -0.25) is 31.0 Å². The molecule has 2 aromatic carbocycles. The van der Waals surface area contributed by atoms with E-state index in [9.17, 15) is 19.5 Å². The van der Waals surface area contributed by atoms with Crippen LogP contribution in [-0.4, -0.2) is 107 Å². The summed E-state index contributed by atoms with van der Waals surface area (Å²) in [5.41, 5.74) is 13.4. The van der Waals surface area contributed by atoms with Crippen LogP contribution >= 0.6 is 0 Å². The van der Waals surface area contributed by atoms with E-state index >= 15 is 0 Å². The van der Waals surface area contributed by atoms with Gasteiger partial charge in [0.1, 0.15) is 0 Å². The second kappa shape index (κ2) is 11.3. The van der Waals surface area contributed by atoms with Gasteiger partial charge in [-0.05, 0) is 48.0 Å². The molecule has 4 rings (SSSR count). The van der Waals surface area contributed by atoms with Crippen molar-refractivity contribution in [2.75, 3.05) is 52.4 Å². The quantitative estimate of drug-likeness (QED) is 0.223. The molecule has 0 aromatic heterocycles. The van der Waals surface area contributed by atoms with Gasteiger partial charge in [0, 0.05) is 70.0 Å². The number of nitrogens with one attached hydrogen (secondary N) is 1. The fourth-order valence-electron chi connectivity index (χ4n) is 4.72. The Kier molecular flexibility index (Phi) is 7.91. The Morgan fingerprint density at radius 3 is 1.71 bits per heavy atom. The summed E-state index contributed by atoms with van der Waals surface area (Å²) in [4.78, 5) is 45.3. The van der Waals surface area contributed by atoms with Crippen molar-refractivity contribution in [3.63, 3.8) is 0 Å². The smallest absolute Gasteiger partial charge is 0.335 e. The highest BCUT2D eigenvalue weighted by molar-refractivity contribution is 5.99. The lowest BCUT2D eigenvalue weighted by atomic mass is 10.0. The average Bonchev–Trinajstić information content (AvgIpc) is 2.92. The zero-order chi connectivity index (χ0) is 27.4. The second-order valence-electron chi connectivity index (χ2n) is 9.49. The lowest BCUT2D eigenvalue weighted by Gasteiger charge is -2.35. The predicted octanol–water partition coefficient (Wildman–Crippen LogP) is -1.54. The van der Waals surface area contributed by atoms with Gasteiger partial charge in [0.25, 0.3) is 17.6 Å². The minimum absolute atomic E-state index is 0.0422. The van der Waals surface area contributed by atoms with E-state index in [0.29, 0.717) is 75.6 Å². The molecule has 0 bridgehead atoms. The standard InChI is InChI=1S/C26H32N8O4/c27-22(28)18-1-3-19(4-2-18)23(35)32-9-11-33(12-10-32)24(36)20-13-17(14-21(15-20)25(37)38)16-31-5-7-34(8-6-31)26(29)30/h1-4,13-15H,5-12,16H2,(H3,27,28)(H3,29,30)(H,37,38)/p+1. The third-order valence-electron chi connectivity index (χ3n) is 6.93. The van der Waals surface area contributed by atoms with Crippen LogP contribution in [0.25, 0.3) is 0 Å². The van der Waals surface area contributed by atoms with Gasteiger partial charge >= 0.3 is 5.97 Å². The fraction of sp³-hybridized carbons (Fsp3) is 0.346. The van der Waals surface area contributed by atoms with Gasteiger partial charge < -0.3 is 25.5 Å². The van der Waals surface area contributed by atoms with Crippen molar-refractivity contribution in [2.45, 2.75) is 6.54 Å². The summed E-state index contributed by atoms with van der Waals surface area (Å²) >= 11 is 0. The van der Waals surface area contributed by atoms with Crippen LogP contribution in [0.15, 0.2) is 42.5 Å². The van der Waals surface area contributed by atoms with Crippen LogP contribution in [0.2, 0.25) is 0 Å². The minimum Gasteiger partial charge on any atom is -0.478 e. The molecule has 0 spiro atoms. The topological polar surface area (TPSA) is 186 Å². The third-order valence-corrected chi connectivity index (χ3v) is 6.93. The van der Waals surface area contributed by atoms with E-state index in [4.69, 9.17) is 22.3 Å². The van der Waals surface area contributed by atoms with Gasteiger partial charge in [0.15, 0.2) is 5.96 Å². The molecule has 2 aliphatic heterocycles. The van der Waals surface area contributed by atoms with Crippen LogP contribution in [0.4, 0.5) is 0 Å². The Labute approximate surface area is 220 Å². The summed E-state index contributed by atoms with van der Waals surface area (Å²) in [6.45, 7) is 4.48. The molecule has 38 heavy (non-hydrogen) atoms. The summed E-state index contributed by atoms with van der Waals surface area (Å²) in [6, 6.07) is 11.5. The number of benzene rings is 2. The van der Waals surface area contributed by atoms with Gasteiger partial charge in [-0.15, -0.1) is 0 Å². The highest BCUT2D eigenvalue weighted by Gasteiger charge is 2.27. The number of rotatable bonds is 6. The lowest BCUT2D eigenvalue weighted by molar-refractivity contribution is -0.114. The van der Waals surface area contributed by atoms with Crippen LogP contribution < -0.4 is 16.9 Å². The van der Waals surface area contributed by atoms with Gasteiger partial charge in [-0.2, -0.15) is 0 Å². The number of amides is 2. The van der Waals surface area contributed by atoms with Crippen LogP contribution in [0.3, 0.4) is 0 Å². The SMILES string of the molecule is N=C(N)N1CCN(Cc2cc(C(=O)O)cc(C(=O)N3CCN(C(=O)c4ccc(C(N)=[NH2+])cc4)CC3)c2)CC1. The number of carbonyl (C=O) groups is 3. The van der Waals surface area contributed by atoms with Crippen molar-refractivity contribution >= 4 is 29.6 Å². The number of hydrogen-bond acceptors (Lipinski definition) is 5. The number of nitrogens with zero attached hydrogens (tertiary/aromatic N) is 4. The van der Waals surface area contributed by atoms with Gasteiger partial charge in [-0.1, -0.05) is 0 Å². The molecule has 0 saturated carbocycles. The highest BCUT2D eigenvalue weighted by Crippen LogP contribution is 2.18. The molecule has 0 atom stereocenters. The monoisotopic (exact) mass is 521 g/mol. The zero-order valence-electron chi connectivity index (χ0n) is 21.1. The second-order valence-corrected chi connectivity index (χ2v) is 9.49. The predicted molar refractivity (Wildman–Crippen MR) is 141 cm³/mol. The Morgan fingerprint density at radius 2 is 1.21 bits per heavy atom. The molecule has 2 heterocycles. The summed E-state index contributed by atoms with van der Waals surface area (Å²) in [5.74, 6) is -1.28. The van der Waals surface area contributed by atoms with Crippen molar-refractivity contribution < 1.29 is 24.9 Å². The Bertz CT molecular complexity index is 1250. The van der Waals surface area contributed by atoms with Crippen molar-refractivity contribution in [1.82, 2.24) is 19.6 Å². The van der Waals surface area contributed by atoms with E-state index in [0.717, 1.165) is 5.56 Å². The van der Waals surface area contributed by atoms with E-state index in [-0.39, 0.29) is 29.2 Å². The van der Waals surface area contributed by atoms with E-state index in [1.165, 1.54) is 6.07 Å². The number of guanidine groups is 1. The molecule has 0 aliphatic carbocycles. The molecule has 12 heteroatoms. The number of carboxylic acids is 1. The first-order valence-corrected chi connectivity index (χ1v) is 12.4. The first-order chi connectivity index (χ1) is 18.1. The molecule has 2 fully saturated rings. The Balaban J connectivity index is 1.40. The molecule has 200 valence electrons. The Morgan fingerprint density at radius 1 is 0.737 bits per heavy atom. The molecule has 12 nitrogen and oxygen atoms in total. The van der Waals surface area contributed by atoms with Crippen LogP contribution in [0.5, 0.6) is 0 Å². The van der Waals surface area contributed by atoms with Crippen LogP contribution in [-0.2, 0) is 6.54 Å². The Hall–Kier alpha value is -4.45. The molecule has 0 radical (unpaired) electrons. The summed E-state index contributed by atoms with van der Waals surface area (Å²) in [5, 5.41) is 22.8. The number of piperazine rings is 2. The molecular formula is C26H33N8O4+. The number of carboxylic acid groups (broad SMARTS) is 1. The van der Waals surface area contributed by atoms with Crippen LogP contribution in [0.1, 0.15) is 42.2 Å². The number of carbonyl (C=O) groups excluding carboxylic acids is 2. The van der Waals surface area contributed by atoms with E-state index < -0.39 is 5.97 Å². The first kappa shape index (κ1) is 26.6. The van der Waals surface area contributed by atoms with E-state index in [1.54, 1.807) is 51.1 Å². The zero-order valence-corrected chi connectivity index (χ0v) is 21.1. The average molecular weight is 522 g/mol. The summed E-state index contributed by atoms with van der Waals surface area (Å²) < 4.78 is 0. The van der Waals surface area contributed by atoms with Crippen molar-refractivity contribution in [1.29, 1.82) is 5.41 Å². The molecular weight excluding hydrogens is 488 g/mol. The molecule has 2 aromatic rings. The maximum atomic E-state index is 13.3. The molecule has 2 aliphatic rings. The van der Waals surface area contributed by atoms with E-state index in [2.05, 4.69) is 4.90 Å². The molecule has 2 amide bonds. The lowest BCUT2D eigenvalue weighted by Crippen LogP contribution is -2.50. The summed E-state index contributed by atoms with van der Waals surface area (Å²) in [7, 11) is 0. The maximum absolute atomic E-state index is 13.3. The fourth-order valence-corrected chi connectivity index (χ4v) is 4.72. The van der Waals surface area contributed by atoms with Gasteiger partial charge in [-0.25, -0.2) is 4.79 Å².